The molecular weight excluding hydrogens is 434 g/mol. The Kier molecular flexibility index (Phi) is 6.73. The van der Waals surface area contributed by atoms with E-state index in [1.807, 2.05) is 55.5 Å². The fourth-order valence-corrected chi connectivity index (χ4v) is 3.10. The van der Waals surface area contributed by atoms with Crippen molar-refractivity contribution in [3.05, 3.63) is 111 Å². The van der Waals surface area contributed by atoms with Crippen LogP contribution in [0.3, 0.4) is 0 Å². The molecule has 0 spiro atoms. The number of hydrogen-bond acceptors (Lipinski definition) is 6. The van der Waals surface area contributed by atoms with Gasteiger partial charge in [-0.15, -0.1) is 0 Å². The maximum absolute atomic E-state index is 12.3. The van der Waals surface area contributed by atoms with Crippen molar-refractivity contribution in [2.45, 2.75) is 13.5 Å². The Morgan fingerprint density at radius 1 is 1.12 bits per heavy atom. The minimum atomic E-state index is -0.495. The van der Waals surface area contributed by atoms with E-state index in [0.717, 1.165) is 16.9 Å². The Hall–Kier alpha value is -4.79. The first-order valence-corrected chi connectivity index (χ1v) is 10.4. The van der Waals surface area contributed by atoms with Crippen LogP contribution in [0.5, 0.6) is 5.75 Å². The summed E-state index contributed by atoms with van der Waals surface area (Å²) in [6, 6.07) is 23.1. The number of aromatic nitrogens is 2. The Morgan fingerprint density at radius 2 is 1.88 bits per heavy atom. The van der Waals surface area contributed by atoms with Gasteiger partial charge < -0.3 is 4.74 Å². The number of aryl methyl sites for hydroxylation is 1. The van der Waals surface area contributed by atoms with Crippen molar-refractivity contribution in [1.82, 2.24) is 15.6 Å². The molecule has 0 bridgehead atoms. The summed E-state index contributed by atoms with van der Waals surface area (Å²) in [7, 11) is 0. The first-order valence-electron chi connectivity index (χ1n) is 10.4. The van der Waals surface area contributed by atoms with Gasteiger partial charge in [-0.05, 0) is 42.8 Å². The summed E-state index contributed by atoms with van der Waals surface area (Å²) in [6.45, 7) is 2.52. The number of aromatic amines is 1. The lowest BCUT2D eigenvalue weighted by atomic mass is 10.1. The molecule has 9 nitrogen and oxygen atoms in total. The number of hydrazone groups is 1. The highest BCUT2D eigenvalue weighted by molar-refractivity contribution is 5.94. The third kappa shape index (κ3) is 5.71. The van der Waals surface area contributed by atoms with Crippen LogP contribution < -0.4 is 10.2 Å². The number of carbonyl (C=O) groups excluding carboxylic acids is 1. The summed E-state index contributed by atoms with van der Waals surface area (Å²) in [4.78, 5) is 22.7. The molecule has 0 saturated heterocycles. The molecule has 0 radical (unpaired) electrons. The summed E-state index contributed by atoms with van der Waals surface area (Å²) in [5, 5.41) is 21.6. The van der Waals surface area contributed by atoms with Crippen molar-refractivity contribution < 1.29 is 14.5 Å². The Balaban J connectivity index is 1.34. The minimum Gasteiger partial charge on any atom is -0.489 e. The third-order valence-corrected chi connectivity index (χ3v) is 4.96. The quantitative estimate of drug-likeness (QED) is 0.228. The van der Waals surface area contributed by atoms with E-state index in [1.54, 1.807) is 18.2 Å². The molecule has 0 fully saturated rings. The lowest BCUT2D eigenvalue weighted by molar-refractivity contribution is -0.384. The number of nitrogens with zero attached hydrogens (tertiary/aromatic N) is 3. The molecule has 2 N–H and O–H groups in total. The number of non-ortho nitro benzene ring substituents is 1. The van der Waals surface area contributed by atoms with Gasteiger partial charge in [0, 0.05) is 23.3 Å². The van der Waals surface area contributed by atoms with Crippen LogP contribution in [0.4, 0.5) is 5.69 Å². The second kappa shape index (κ2) is 10.2. The highest BCUT2D eigenvalue weighted by atomic mass is 16.6. The zero-order valence-electron chi connectivity index (χ0n) is 18.3. The molecule has 4 rings (SSSR count). The van der Waals surface area contributed by atoms with Crippen molar-refractivity contribution in [2.75, 3.05) is 0 Å². The molecule has 3 aromatic carbocycles. The predicted octanol–water partition coefficient (Wildman–Crippen LogP) is 4.64. The maximum atomic E-state index is 12.3. The van der Waals surface area contributed by atoms with Crippen molar-refractivity contribution in [2.24, 2.45) is 5.10 Å². The normalized spacial score (nSPS) is 10.9. The molecule has 34 heavy (non-hydrogen) atoms. The van der Waals surface area contributed by atoms with Crippen LogP contribution >= 0.6 is 0 Å². The minimum absolute atomic E-state index is 0.0555. The molecular formula is C25H21N5O4. The van der Waals surface area contributed by atoms with Gasteiger partial charge in [0.2, 0.25) is 0 Å². The number of hydrogen-bond donors (Lipinski definition) is 2. The zero-order valence-corrected chi connectivity index (χ0v) is 18.3. The number of benzene rings is 3. The molecule has 4 aromatic rings. The molecule has 1 amide bonds. The summed E-state index contributed by atoms with van der Waals surface area (Å²) in [5.74, 6) is 0.242. The number of ether oxygens (including phenoxy) is 1. The number of nitro groups is 1. The van der Waals surface area contributed by atoms with Crippen LogP contribution in [-0.2, 0) is 6.61 Å². The van der Waals surface area contributed by atoms with Crippen LogP contribution in [-0.4, -0.2) is 27.2 Å². The van der Waals surface area contributed by atoms with E-state index in [-0.39, 0.29) is 11.4 Å². The molecule has 170 valence electrons. The fraction of sp³-hybridized carbons (Fsp3) is 0.0800. The predicted molar refractivity (Wildman–Crippen MR) is 128 cm³/mol. The van der Waals surface area contributed by atoms with Crippen LogP contribution in [0, 0.1) is 17.0 Å². The average Bonchev–Trinajstić information content (AvgIpc) is 3.35. The molecule has 0 saturated carbocycles. The summed E-state index contributed by atoms with van der Waals surface area (Å²) in [6.07, 6.45) is 1.33. The molecule has 0 aliphatic rings. The molecule has 1 aromatic heterocycles. The molecule has 1 heterocycles. The van der Waals surface area contributed by atoms with Crippen LogP contribution in [0.15, 0.2) is 84.0 Å². The molecule has 0 aliphatic carbocycles. The summed E-state index contributed by atoms with van der Waals surface area (Å²) in [5.41, 5.74) is 6.74. The standard InChI is InChI=1S/C25H21N5O4/c1-17-5-7-18(8-6-17)16-34-22-11-9-20(10-12-22)23-14-24(28-27-23)25(31)29-26-15-19-3-2-4-21(13-19)30(32)33/h2-15H,16H2,1H3,(H,27,28)(H,29,31)/b26-15+. The summed E-state index contributed by atoms with van der Waals surface area (Å²) < 4.78 is 5.82. The van der Waals surface area contributed by atoms with E-state index in [4.69, 9.17) is 4.74 Å². The highest BCUT2D eigenvalue weighted by Gasteiger charge is 2.11. The van der Waals surface area contributed by atoms with Crippen LogP contribution in [0.2, 0.25) is 0 Å². The smallest absolute Gasteiger partial charge is 0.289 e. The van der Waals surface area contributed by atoms with Crippen molar-refractivity contribution >= 4 is 17.8 Å². The number of amides is 1. The lowest BCUT2D eigenvalue weighted by Crippen LogP contribution is -2.18. The number of rotatable bonds is 8. The monoisotopic (exact) mass is 455 g/mol. The van der Waals surface area contributed by atoms with E-state index in [1.165, 1.54) is 23.9 Å². The topological polar surface area (TPSA) is 123 Å². The van der Waals surface area contributed by atoms with Gasteiger partial charge in [0.25, 0.3) is 11.6 Å². The first kappa shape index (κ1) is 22.4. The van der Waals surface area contributed by atoms with Crippen molar-refractivity contribution in [1.29, 1.82) is 0 Å². The van der Waals surface area contributed by atoms with E-state index < -0.39 is 10.8 Å². The van der Waals surface area contributed by atoms with Gasteiger partial charge in [-0.2, -0.15) is 10.2 Å². The molecule has 0 atom stereocenters. The van der Waals surface area contributed by atoms with Crippen molar-refractivity contribution in [3.63, 3.8) is 0 Å². The number of nitrogens with one attached hydrogen (secondary N) is 2. The van der Waals surface area contributed by atoms with Gasteiger partial charge >= 0.3 is 0 Å². The lowest BCUT2D eigenvalue weighted by Gasteiger charge is -2.07. The third-order valence-electron chi connectivity index (χ3n) is 4.96. The second-order valence-corrected chi connectivity index (χ2v) is 7.52. The molecule has 0 unspecified atom stereocenters. The molecule has 9 heteroatoms. The largest absolute Gasteiger partial charge is 0.489 e. The highest BCUT2D eigenvalue weighted by Crippen LogP contribution is 2.22. The Labute approximate surface area is 195 Å². The van der Waals surface area contributed by atoms with Gasteiger partial charge in [-0.3, -0.25) is 20.0 Å². The number of carbonyl (C=O) groups is 1. The molecule has 0 aliphatic heterocycles. The number of nitro benzene ring substituents is 1. The Morgan fingerprint density at radius 3 is 2.62 bits per heavy atom. The van der Waals surface area contributed by atoms with Crippen LogP contribution in [0.1, 0.15) is 27.2 Å². The van der Waals surface area contributed by atoms with Gasteiger partial charge in [-0.25, -0.2) is 5.43 Å². The first-order chi connectivity index (χ1) is 16.5. The summed E-state index contributed by atoms with van der Waals surface area (Å²) >= 11 is 0. The Bertz CT molecular complexity index is 1330. The van der Waals surface area contributed by atoms with Gasteiger partial charge in [0.05, 0.1) is 16.8 Å². The van der Waals surface area contributed by atoms with Crippen molar-refractivity contribution in [3.8, 4) is 17.0 Å². The van der Waals surface area contributed by atoms with Gasteiger partial charge in [0.15, 0.2) is 0 Å². The zero-order chi connectivity index (χ0) is 23.9. The van der Waals surface area contributed by atoms with Gasteiger partial charge in [0.1, 0.15) is 18.1 Å². The van der Waals surface area contributed by atoms with E-state index >= 15 is 0 Å². The second-order valence-electron chi connectivity index (χ2n) is 7.52. The van der Waals surface area contributed by atoms with E-state index in [9.17, 15) is 14.9 Å². The van der Waals surface area contributed by atoms with Gasteiger partial charge in [-0.1, -0.05) is 42.0 Å². The number of H-pyrrole nitrogens is 1. The van der Waals surface area contributed by atoms with E-state index in [0.29, 0.717) is 17.9 Å². The SMILES string of the molecule is Cc1ccc(COc2ccc(-c3cc(C(=O)N/N=C/c4cccc([N+](=O)[O-])c4)[nH]n3)cc2)cc1. The average molecular weight is 455 g/mol. The maximum Gasteiger partial charge on any atom is 0.289 e. The fourth-order valence-electron chi connectivity index (χ4n) is 3.10. The van der Waals surface area contributed by atoms with Crippen LogP contribution in [0.25, 0.3) is 11.3 Å². The van der Waals surface area contributed by atoms with E-state index in [2.05, 4.69) is 20.7 Å².